The van der Waals surface area contributed by atoms with Gasteiger partial charge in [0.1, 0.15) is 5.82 Å². The zero-order valence-corrected chi connectivity index (χ0v) is 13.3. The number of carbonyl (C=O) groups is 1. The van der Waals surface area contributed by atoms with Crippen LogP contribution in [0.1, 0.15) is 49.7 Å². The van der Waals surface area contributed by atoms with E-state index in [1.54, 1.807) is 6.07 Å². The zero-order chi connectivity index (χ0) is 15.5. The molecule has 1 aromatic rings. The highest BCUT2D eigenvalue weighted by atomic mass is 19.1. The van der Waals surface area contributed by atoms with Crippen molar-refractivity contribution in [3.8, 4) is 0 Å². The Bertz CT molecular complexity index is 534. The maximum absolute atomic E-state index is 14.3. The van der Waals surface area contributed by atoms with Crippen molar-refractivity contribution in [2.24, 2.45) is 5.92 Å². The van der Waals surface area contributed by atoms with Gasteiger partial charge in [-0.2, -0.15) is 0 Å². The molecule has 1 saturated carbocycles. The monoisotopic (exact) mass is 304 g/mol. The Morgan fingerprint density at radius 1 is 1.32 bits per heavy atom. The zero-order valence-electron chi connectivity index (χ0n) is 13.3. The van der Waals surface area contributed by atoms with Crippen molar-refractivity contribution in [1.82, 2.24) is 10.2 Å². The molecule has 0 unspecified atom stereocenters. The highest BCUT2D eigenvalue weighted by Crippen LogP contribution is 2.42. The lowest BCUT2D eigenvalue weighted by molar-refractivity contribution is -0.127. The molecule has 0 spiro atoms. The summed E-state index contributed by atoms with van der Waals surface area (Å²) in [5.41, 5.74) is 1.84. The summed E-state index contributed by atoms with van der Waals surface area (Å²) in [6, 6.07) is 5.67. The third-order valence-corrected chi connectivity index (χ3v) is 5.00. The first-order chi connectivity index (χ1) is 10.7. The van der Waals surface area contributed by atoms with Crippen LogP contribution in [0.5, 0.6) is 0 Å². The minimum absolute atomic E-state index is 0.0918. The average Bonchev–Trinajstić information content (AvgIpc) is 2.93. The van der Waals surface area contributed by atoms with E-state index in [4.69, 9.17) is 0 Å². The minimum atomic E-state index is -0.0918. The van der Waals surface area contributed by atoms with Crippen LogP contribution in [0, 0.1) is 11.7 Å². The molecule has 3 nitrogen and oxygen atoms in total. The highest BCUT2D eigenvalue weighted by Gasteiger charge is 2.35. The lowest BCUT2D eigenvalue weighted by atomic mass is 9.71. The van der Waals surface area contributed by atoms with Crippen LogP contribution in [-0.4, -0.2) is 30.4 Å². The van der Waals surface area contributed by atoms with Gasteiger partial charge in [0.25, 0.3) is 0 Å². The number of carbonyl (C=O) groups excluding carboxylic acids is 1. The smallest absolute Gasteiger partial charge is 0.223 e. The van der Waals surface area contributed by atoms with E-state index >= 15 is 0 Å². The van der Waals surface area contributed by atoms with E-state index in [1.165, 1.54) is 12.8 Å². The molecule has 22 heavy (non-hydrogen) atoms. The lowest BCUT2D eigenvalue weighted by Crippen LogP contribution is -2.37. The van der Waals surface area contributed by atoms with Crippen molar-refractivity contribution in [3.63, 3.8) is 0 Å². The van der Waals surface area contributed by atoms with Gasteiger partial charge in [-0.3, -0.25) is 9.69 Å². The predicted octanol–water partition coefficient (Wildman–Crippen LogP) is 3.05. The van der Waals surface area contributed by atoms with Crippen LogP contribution in [0.3, 0.4) is 0 Å². The van der Waals surface area contributed by atoms with Crippen LogP contribution in [0.4, 0.5) is 4.39 Å². The van der Waals surface area contributed by atoms with E-state index in [1.807, 2.05) is 19.1 Å². The van der Waals surface area contributed by atoms with E-state index in [-0.39, 0.29) is 17.6 Å². The molecule has 3 rings (SSSR count). The second kappa shape index (κ2) is 6.78. The fraction of sp³-hybridized carbons (Fsp3) is 0.611. The van der Waals surface area contributed by atoms with Crippen LogP contribution in [0.2, 0.25) is 0 Å². The predicted molar refractivity (Wildman–Crippen MR) is 85.1 cm³/mol. The number of hydrogen-bond donors (Lipinski definition) is 1. The van der Waals surface area contributed by atoms with Crippen LogP contribution in [0.15, 0.2) is 18.2 Å². The molecule has 0 radical (unpaired) electrons. The summed E-state index contributed by atoms with van der Waals surface area (Å²) >= 11 is 0. The number of amides is 1. The summed E-state index contributed by atoms with van der Waals surface area (Å²) in [5, 5.41) is 2.86. The van der Waals surface area contributed by atoms with Gasteiger partial charge >= 0.3 is 0 Å². The first kappa shape index (κ1) is 15.5. The summed E-state index contributed by atoms with van der Waals surface area (Å²) < 4.78 is 14.3. The molecular formula is C18H25FN2O. The lowest BCUT2D eigenvalue weighted by Gasteiger charge is -2.34. The molecule has 2 fully saturated rings. The van der Waals surface area contributed by atoms with E-state index in [2.05, 4.69) is 10.2 Å². The molecule has 4 heteroatoms. The molecule has 1 N–H and O–H groups in total. The van der Waals surface area contributed by atoms with Crippen LogP contribution < -0.4 is 5.32 Å². The van der Waals surface area contributed by atoms with Crippen molar-refractivity contribution in [2.45, 2.75) is 45.1 Å². The minimum Gasteiger partial charge on any atom is -0.356 e. The molecule has 1 heterocycles. The summed E-state index contributed by atoms with van der Waals surface area (Å²) in [6.45, 7) is 5.50. The Hall–Kier alpha value is -1.42. The van der Waals surface area contributed by atoms with E-state index in [9.17, 15) is 9.18 Å². The van der Waals surface area contributed by atoms with Gasteiger partial charge in [0.05, 0.1) is 0 Å². The van der Waals surface area contributed by atoms with Gasteiger partial charge in [-0.05, 0) is 63.2 Å². The summed E-state index contributed by atoms with van der Waals surface area (Å²) in [6.07, 6.45) is 4.14. The molecule has 2 aliphatic rings. The van der Waals surface area contributed by atoms with E-state index < -0.39 is 0 Å². The van der Waals surface area contributed by atoms with Gasteiger partial charge in [-0.15, -0.1) is 0 Å². The Morgan fingerprint density at radius 3 is 2.68 bits per heavy atom. The number of likely N-dealkylation sites (tertiary alicyclic amines) is 1. The van der Waals surface area contributed by atoms with Gasteiger partial charge < -0.3 is 5.32 Å². The first-order valence-corrected chi connectivity index (χ1v) is 8.45. The van der Waals surface area contributed by atoms with Gasteiger partial charge in [-0.1, -0.05) is 12.1 Å². The SMILES string of the molecule is CCNC(=O)C1CC(c2ccc(CN3CCCC3)c(F)c2)C1. The molecule has 1 amide bonds. The standard InChI is InChI=1S/C18H25FN2O/c1-2-20-18(22)16-9-15(10-16)13-5-6-14(17(19)11-13)12-21-7-3-4-8-21/h5-6,11,15-16H,2-4,7-10,12H2,1H3,(H,20,22). The number of hydrogen-bond acceptors (Lipinski definition) is 2. The van der Waals surface area contributed by atoms with Crippen LogP contribution in [-0.2, 0) is 11.3 Å². The van der Waals surface area contributed by atoms with E-state index in [0.29, 0.717) is 12.5 Å². The highest BCUT2D eigenvalue weighted by molar-refractivity contribution is 5.79. The quantitative estimate of drug-likeness (QED) is 0.907. The third-order valence-electron chi connectivity index (χ3n) is 5.00. The fourth-order valence-corrected chi connectivity index (χ4v) is 3.55. The van der Waals surface area contributed by atoms with Crippen molar-refractivity contribution in [2.75, 3.05) is 19.6 Å². The number of nitrogens with one attached hydrogen (secondary N) is 1. The number of halogens is 1. The molecule has 1 aliphatic heterocycles. The Morgan fingerprint density at radius 2 is 2.05 bits per heavy atom. The van der Waals surface area contributed by atoms with Gasteiger partial charge in [0, 0.05) is 24.6 Å². The maximum Gasteiger partial charge on any atom is 0.223 e. The Kier molecular flexibility index (Phi) is 4.77. The maximum atomic E-state index is 14.3. The van der Waals surface area contributed by atoms with Crippen molar-refractivity contribution < 1.29 is 9.18 Å². The molecule has 0 aromatic heterocycles. The number of benzene rings is 1. The molecule has 1 aliphatic carbocycles. The van der Waals surface area contributed by atoms with Crippen molar-refractivity contribution in [1.29, 1.82) is 0 Å². The first-order valence-electron chi connectivity index (χ1n) is 8.45. The molecule has 120 valence electrons. The van der Waals surface area contributed by atoms with E-state index in [0.717, 1.165) is 43.6 Å². The van der Waals surface area contributed by atoms with Gasteiger partial charge in [-0.25, -0.2) is 4.39 Å². The van der Waals surface area contributed by atoms with Crippen molar-refractivity contribution in [3.05, 3.63) is 35.1 Å². The summed E-state index contributed by atoms with van der Waals surface area (Å²) in [7, 11) is 0. The Labute approximate surface area is 131 Å². The normalized spacial score (nSPS) is 25.0. The number of nitrogens with zero attached hydrogens (tertiary/aromatic N) is 1. The largest absolute Gasteiger partial charge is 0.356 e. The third kappa shape index (κ3) is 3.32. The van der Waals surface area contributed by atoms with Crippen molar-refractivity contribution >= 4 is 5.91 Å². The molecule has 0 atom stereocenters. The Balaban J connectivity index is 1.57. The topological polar surface area (TPSA) is 32.3 Å². The second-order valence-electron chi connectivity index (χ2n) is 6.59. The number of rotatable bonds is 5. The molecule has 1 saturated heterocycles. The van der Waals surface area contributed by atoms with Gasteiger partial charge in [0.15, 0.2) is 0 Å². The fourth-order valence-electron chi connectivity index (χ4n) is 3.55. The van der Waals surface area contributed by atoms with Crippen LogP contribution in [0.25, 0.3) is 0 Å². The summed E-state index contributed by atoms with van der Waals surface area (Å²) in [4.78, 5) is 14.0. The molecular weight excluding hydrogens is 279 g/mol. The second-order valence-corrected chi connectivity index (χ2v) is 6.59. The van der Waals surface area contributed by atoms with Crippen LogP contribution >= 0.6 is 0 Å². The summed E-state index contributed by atoms with van der Waals surface area (Å²) in [5.74, 6) is 0.496. The molecule has 0 bridgehead atoms. The van der Waals surface area contributed by atoms with Gasteiger partial charge in [0.2, 0.25) is 5.91 Å². The average molecular weight is 304 g/mol. The molecule has 1 aromatic carbocycles.